The zero-order valence-electron chi connectivity index (χ0n) is 33.3. The van der Waals surface area contributed by atoms with Gasteiger partial charge in [0.2, 0.25) is 0 Å². The molecule has 4 aromatic carbocycles. The van der Waals surface area contributed by atoms with Gasteiger partial charge < -0.3 is 9.47 Å². The molecule has 0 atom stereocenters. The Morgan fingerprint density at radius 1 is 0.409 bits per heavy atom. The lowest BCUT2D eigenvalue weighted by Crippen LogP contribution is -2.81. The molecule has 0 N–H and O–H groups in total. The molecule has 26 heteroatoms. The average molecular weight is 971 g/mol. The van der Waals surface area contributed by atoms with Crippen LogP contribution in [0.2, 0.25) is 0 Å². The van der Waals surface area contributed by atoms with E-state index in [0.717, 1.165) is 0 Å². The van der Waals surface area contributed by atoms with E-state index in [-0.39, 0.29) is 11.0 Å². The molecule has 0 saturated heterocycles. The predicted octanol–water partition coefficient (Wildman–Crippen LogP) is 7.51. The summed E-state index contributed by atoms with van der Waals surface area (Å²) in [6.07, 6.45) is -3.47. The summed E-state index contributed by atoms with van der Waals surface area (Å²) in [4.78, 5) is 24.0. The van der Waals surface area contributed by atoms with Crippen LogP contribution in [0.25, 0.3) is 0 Å². The van der Waals surface area contributed by atoms with Crippen LogP contribution in [0.3, 0.4) is 0 Å². The maximum Gasteiger partial charge on any atom is 0.345 e. The third-order valence-corrected chi connectivity index (χ3v) is 9.81. The van der Waals surface area contributed by atoms with E-state index in [1.165, 1.54) is 14.2 Å². The molecule has 0 fully saturated rings. The van der Waals surface area contributed by atoms with Crippen LogP contribution in [-0.2, 0) is 25.6 Å². The van der Waals surface area contributed by atoms with E-state index < -0.39 is 156 Å². The van der Waals surface area contributed by atoms with Gasteiger partial charge in [0.05, 0.1) is 14.2 Å². The van der Waals surface area contributed by atoms with E-state index >= 15 is 35.1 Å². The summed E-state index contributed by atoms with van der Waals surface area (Å²) in [7, 11) is 2.50. The van der Waals surface area contributed by atoms with Crippen molar-refractivity contribution in [2.45, 2.75) is 27.3 Å². The third-order valence-electron chi connectivity index (χ3n) is 9.81. The monoisotopic (exact) mass is 971 g/mol. The van der Waals surface area contributed by atoms with Gasteiger partial charge in [-0.1, -0.05) is 26.8 Å². The Hall–Kier alpha value is -6.63. The topological polar surface area (TPSA) is 56.5 Å². The number of hydrogen-bond acceptors (Lipinski definition) is 4. The maximum atomic E-state index is 15.4. The Kier molecular flexibility index (Phi) is 15.0. The molecule has 354 valence electrons. The number of methoxy groups -OCH3 is 2. The van der Waals surface area contributed by atoms with Gasteiger partial charge in [0.25, 0.3) is 0 Å². The van der Waals surface area contributed by atoms with Gasteiger partial charge in [-0.05, 0) is 5.41 Å². The first-order valence-corrected chi connectivity index (χ1v) is 17.6. The molecule has 0 bridgehead atoms. The molecule has 5 rings (SSSR count). The summed E-state index contributed by atoms with van der Waals surface area (Å²) in [6, 6.07) is 5.67. The summed E-state index contributed by atoms with van der Waals surface area (Å²) in [6.45, 7) is 6.23. The number of carbonyl (C=O) groups is 2. The molecule has 0 aliphatic carbocycles. The number of aromatic nitrogens is 1. The second kappa shape index (κ2) is 19.1. The van der Waals surface area contributed by atoms with E-state index in [4.69, 9.17) is 9.47 Å². The molecule has 0 spiro atoms. The fourth-order valence-electron chi connectivity index (χ4n) is 6.82. The number of carbonyl (C=O) groups excluding carboxylic acids is 2. The van der Waals surface area contributed by atoms with Gasteiger partial charge >= 0.3 is 11.9 Å². The molecule has 0 amide bonds. The van der Waals surface area contributed by atoms with Crippen molar-refractivity contribution in [1.82, 2.24) is 0 Å². The molecule has 0 aliphatic rings. The molecular weight excluding hydrogens is 949 g/mol. The van der Waals surface area contributed by atoms with E-state index in [1.807, 2.05) is 55.9 Å². The number of esters is 2. The van der Waals surface area contributed by atoms with Crippen molar-refractivity contribution in [3.8, 4) is 0 Å². The van der Waals surface area contributed by atoms with Crippen LogP contribution in [0.1, 0.15) is 20.8 Å². The van der Waals surface area contributed by atoms with E-state index in [2.05, 4.69) is 0 Å². The van der Waals surface area contributed by atoms with Gasteiger partial charge in [-0.2, -0.15) is 0 Å². The largest absolute Gasteiger partial charge is 0.465 e. The van der Waals surface area contributed by atoms with Gasteiger partial charge in [-0.3, -0.25) is 0 Å². The summed E-state index contributed by atoms with van der Waals surface area (Å²) >= 11 is 0. The Labute approximate surface area is 356 Å². The molecule has 1 heterocycles. The van der Waals surface area contributed by atoms with Crippen LogP contribution in [0, 0.1) is 122 Å². The number of ether oxygens (including phenoxy) is 2. The summed E-state index contributed by atoms with van der Waals surface area (Å²) < 4.78 is 305. The maximum absolute atomic E-state index is 15.4. The molecule has 0 unspecified atom stereocenters. The standard InChI is InChI=1S/C24BF20.C16H22NO4/c26-5-1(6(27)14(35)21(42)13(5)34)25(2-7(28)15(36)22(43)16(37)8(2)29,3-9(30)17(38)23(44)18(39)10(3)31)4-11(32)19(40)24(45)20(41)12(4)33;1-16(2,3)12(11-17-9-7-6-8-10-17)13(14(18)20-4)15(19)21-5/h;6-10H,11H2,1-5H3/q-1;+1. The molecule has 0 radical (unpaired) electrons. The zero-order valence-corrected chi connectivity index (χ0v) is 33.3. The van der Waals surface area contributed by atoms with Crippen molar-refractivity contribution >= 4 is 39.9 Å². The fraction of sp³-hybridized carbons (Fsp3) is 0.175. The second-order valence-corrected chi connectivity index (χ2v) is 14.4. The number of pyridine rings is 1. The Morgan fingerprint density at radius 3 is 0.818 bits per heavy atom. The van der Waals surface area contributed by atoms with Crippen molar-refractivity contribution < 1.29 is 111 Å². The van der Waals surface area contributed by atoms with Gasteiger partial charge in [-0.15, -0.1) is 21.9 Å². The zero-order chi connectivity index (χ0) is 50.4. The Morgan fingerprint density at radius 2 is 0.621 bits per heavy atom. The van der Waals surface area contributed by atoms with Crippen LogP contribution >= 0.6 is 0 Å². The highest BCUT2D eigenvalue weighted by Gasteiger charge is 2.52. The number of hydrogen-bond donors (Lipinski definition) is 0. The molecule has 5 nitrogen and oxygen atoms in total. The highest BCUT2D eigenvalue weighted by molar-refractivity contribution is 7.20. The molecular formula is C40H22BF20NO4. The fourth-order valence-corrected chi connectivity index (χ4v) is 6.82. The highest BCUT2D eigenvalue weighted by Crippen LogP contribution is 2.32. The first kappa shape index (κ1) is 52.0. The lowest BCUT2D eigenvalue weighted by Gasteiger charge is -2.44. The quantitative estimate of drug-likeness (QED) is 0.0186. The predicted molar refractivity (Wildman–Crippen MR) is 186 cm³/mol. The van der Waals surface area contributed by atoms with Crippen LogP contribution in [0.4, 0.5) is 87.8 Å². The highest BCUT2D eigenvalue weighted by atomic mass is 19.2. The number of nitrogens with zero attached hydrogens (tertiary/aromatic N) is 1. The number of rotatable bonds is 8. The Bertz CT molecular complexity index is 2430. The normalized spacial score (nSPS) is 11.6. The van der Waals surface area contributed by atoms with Crippen LogP contribution in [0.15, 0.2) is 41.7 Å². The van der Waals surface area contributed by atoms with E-state index in [9.17, 15) is 62.3 Å². The SMILES string of the molecule is COC(=O)C(C(=O)OC)=C(C[n+]1ccccc1)C(C)(C)C.Fc1c(F)c(F)c([B-](c2c(F)c(F)c(F)c(F)c2F)(c2c(F)c(F)c(F)c(F)c2F)c2c(F)c(F)c(F)c(F)c2F)c(F)c1F. The van der Waals surface area contributed by atoms with Crippen LogP contribution in [-0.4, -0.2) is 32.3 Å². The smallest absolute Gasteiger partial charge is 0.345 e. The van der Waals surface area contributed by atoms with E-state index in [0.29, 0.717) is 12.1 Å². The molecule has 0 aliphatic heterocycles. The van der Waals surface area contributed by atoms with E-state index in [1.54, 1.807) is 0 Å². The second-order valence-electron chi connectivity index (χ2n) is 14.4. The number of benzene rings is 4. The summed E-state index contributed by atoms with van der Waals surface area (Å²) in [5, 5.41) is 0. The van der Waals surface area contributed by atoms with Gasteiger partial charge in [0.1, 0.15) is 52.7 Å². The van der Waals surface area contributed by atoms with Crippen molar-refractivity contribution in [1.29, 1.82) is 0 Å². The average Bonchev–Trinajstić information content (AvgIpc) is 3.28. The minimum absolute atomic E-state index is 0.0381. The van der Waals surface area contributed by atoms with Crippen molar-refractivity contribution in [2.24, 2.45) is 5.41 Å². The molecule has 5 aromatic rings. The summed E-state index contributed by atoms with van der Waals surface area (Å²) in [5.41, 5.74) is -14.1. The summed E-state index contributed by atoms with van der Waals surface area (Å²) in [5.74, 6) is -72.8. The van der Waals surface area contributed by atoms with Crippen LogP contribution in [0.5, 0.6) is 0 Å². The van der Waals surface area contributed by atoms with Crippen molar-refractivity contribution in [3.05, 3.63) is 158 Å². The van der Waals surface area contributed by atoms with Gasteiger partial charge in [0, 0.05) is 17.7 Å². The molecule has 0 saturated carbocycles. The third kappa shape index (κ3) is 8.40. The lowest BCUT2D eigenvalue weighted by atomic mass is 9.12. The lowest BCUT2D eigenvalue weighted by molar-refractivity contribution is -0.690. The minimum Gasteiger partial charge on any atom is -0.465 e. The minimum atomic E-state index is -7.22. The first-order chi connectivity index (χ1) is 30.5. The van der Waals surface area contributed by atoms with Crippen molar-refractivity contribution in [2.75, 3.05) is 14.2 Å². The Balaban J connectivity index is 0.000000380. The first-order valence-electron chi connectivity index (χ1n) is 17.6. The van der Waals surface area contributed by atoms with Gasteiger partial charge in [-0.25, -0.2) is 102 Å². The molecule has 66 heavy (non-hydrogen) atoms. The number of allylic oxidation sites excluding steroid dienone is 1. The van der Waals surface area contributed by atoms with Gasteiger partial charge in [0.15, 0.2) is 94.3 Å². The number of halogens is 20. The van der Waals surface area contributed by atoms with Crippen LogP contribution < -0.4 is 26.4 Å². The molecule has 1 aromatic heterocycles. The van der Waals surface area contributed by atoms with Crippen molar-refractivity contribution in [3.63, 3.8) is 0 Å².